The number of hydrogen-bond donors (Lipinski definition) is 0. The molecule has 0 unspecified atom stereocenters. The second-order valence-corrected chi connectivity index (χ2v) is 7.53. The zero-order valence-electron chi connectivity index (χ0n) is 14.9. The molecule has 0 spiro atoms. The van der Waals surface area contributed by atoms with Crippen LogP contribution in [0.4, 0.5) is 0 Å². The van der Waals surface area contributed by atoms with Gasteiger partial charge in [0.15, 0.2) is 11.0 Å². The van der Waals surface area contributed by atoms with Gasteiger partial charge in [0.1, 0.15) is 5.25 Å². The Kier molecular flexibility index (Phi) is 5.75. The molecule has 2 aromatic rings. The van der Waals surface area contributed by atoms with Crippen molar-refractivity contribution in [2.45, 2.75) is 42.8 Å². The molecule has 1 saturated heterocycles. The Morgan fingerprint density at radius 1 is 1.32 bits per heavy atom. The first-order chi connectivity index (χ1) is 12.1. The molecule has 7 heteroatoms. The summed E-state index contributed by atoms with van der Waals surface area (Å²) in [5, 5.41) is 9.46. The van der Waals surface area contributed by atoms with Crippen LogP contribution in [-0.4, -0.2) is 51.6 Å². The summed E-state index contributed by atoms with van der Waals surface area (Å²) in [7, 11) is 4.10. The molecule has 0 aliphatic carbocycles. The van der Waals surface area contributed by atoms with Gasteiger partial charge in [0.25, 0.3) is 0 Å². The van der Waals surface area contributed by atoms with Crippen LogP contribution >= 0.6 is 11.8 Å². The van der Waals surface area contributed by atoms with Crippen molar-refractivity contribution in [3.63, 3.8) is 0 Å². The van der Waals surface area contributed by atoms with Crippen molar-refractivity contribution < 1.29 is 9.53 Å². The van der Waals surface area contributed by atoms with E-state index in [2.05, 4.69) is 52.8 Å². The van der Waals surface area contributed by atoms with E-state index in [0.717, 1.165) is 23.8 Å². The van der Waals surface area contributed by atoms with E-state index in [1.54, 1.807) is 0 Å². The maximum atomic E-state index is 11.8. The number of benzene rings is 1. The van der Waals surface area contributed by atoms with E-state index >= 15 is 0 Å². The predicted molar refractivity (Wildman–Crippen MR) is 97.5 cm³/mol. The van der Waals surface area contributed by atoms with Gasteiger partial charge in [0, 0.05) is 6.42 Å². The summed E-state index contributed by atoms with van der Waals surface area (Å²) < 4.78 is 7.22. The van der Waals surface area contributed by atoms with Crippen LogP contribution in [-0.2, 0) is 16.1 Å². The number of ether oxygens (including phenoxy) is 1. The number of thioether (sulfide) groups is 1. The van der Waals surface area contributed by atoms with E-state index in [1.807, 2.05) is 18.2 Å². The summed E-state index contributed by atoms with van der Waals surface area (Å²) >= 11 is 1.46. The van der Waals surface area contributed by atoms with Crippen LogP contribution in [0.3, 0.4) is 0 Å². The molecule has 0 N–H and O–H groups in total. The van der Waals surface area contributed by atoms with Crippen LogP contribution in [0.1, 0.15) is 37.2 Å². The van der Waals surface area contributed by atoms with Crippen molar-refractivity contribution in [2.75, 3.05) is 20.7 Å². The summed E-state index contributed by atoms with van der Waals surface area (Å²) in [6.07, 6.45) is 1.66. The normalized spacial score (nSPS) is 18.6. The zero-order chi connectivity index (χ0) is 17.8. The largest absolute Gasteiger partial charge is 0.465 e. The average Bonchev–Trinajstić information content (AvgIpc) is 3.17. The van der Waals surface area contributed by atoms with E-state index in [1.165, 1.54) is 17.3 Å². The van der Waals surface area contributed by atoms with E-state index in [0.29, 0.717) is 13.2 Å². The number of esters is 1. The maximum absolute atomic E-state index is 11.8. The minimum atomic E-state index is -0.189. The third-order valence-electron chi connectivity index (χ3n) is 4.37. The van der Waals surface area contributed by atoms with Crippen molar-refractivity contribution in [3.8, 4) is 0 Å². The molecule has 0 amide bonds. The van der Waals surface area contributed by atoms with Gasteiger partial charge in [-0.1, -0.05) is 49.0 Å². The van der Waals surface area contributed by atoms with Gasteiger partial charge in [-0.15, -0.1) is 10.2 Å². The highest BCUT2D eigenvalue weighted by atomic mass is 32.2. The lowest BCUT2D eigenvalue weighted by atomic mass is 10.2. The molecule has 2 heterocycles. The number of carbonyl (C=O) groups is 1. The van der Waals surface area contributed by atoms with Crippen LogP contribution < -0.4 is 0 Å². The molecule has 0 bridgehead atoms. The van der Waals surface area contributed by atoms with Gasteiger partial charge < -0.3 is 9.30 Å². The lowest BCUT2D eigenvalue weighted by Crippen LogP contribution is -2.23. The Bertz CT molecular complexity index is 717. The minimum Gasteiger partial charge on any atom is -0.465 e. The lowest BCUT2D eigenvalue weighted by Gasteiger charge is -2.23. The minimum absolute atomic E-state index is 0.152. The third-order valence-corrected chi connectivity index (χ3v) is 5.60. The Labute approximate surface area is 152 Å². The molecule has 1 aromatic carbocycles. The van der Waals surface area contributed by atoms with E-state index in [4.69, 9.17) is 4.74 Å². The number of cyclic esters (lactones) is 1. The smallest absolute Gasteiger partial charge is 0.319 e. The quantitative estimate of drug-likeness (QED) is 0.708. The summed E-state index contributed by atoms with van der Waals surface area (Å²) in [6, 6.07) is 10.4. The molecule has 25 heavy (non-hydrogen) atoms. The van der Waals surface area contributed by atoms with Gasteiger partial charge in [-0.25, -0.2) is 0 Å². The summed E-state index contributed by atoms with van der Waals surface area (Å²) in [4.78, 5) is 14.0. The van der Waals surface area contributed by atoms with Crippen LogP contribution in [0.2, 0.25) is 0 Å². The predicted octanol–water partition coefficient (Wildman–Crippen LogP) is 2.75. The van der Waals surface area contributed by atoms with Gasteiger partial charge in [-0.3, -0.25) is 9.69 Å². The molecular formula is C18H24N4O2S. The molecule has 6 nitrogen and oxygen atoms in total. The average molecular weight is 360 g/mol. The molecule has 1 aromatic heterocycles. The fourth-order valence-corrected chi connectivity index (χ4v) is 4.04. The van der Waals surface area contributed by atoms with Crippen molar-refractivity contribution in [3.05, 3.63) is 41.7 Å². The third kappa shape index (κ3) is 4.04. The molecule has 134 valence electrons. The number of rotatable bonds is 7. The van der Waals surface area contributed by atoms with Gasteiger partial charge in [0.2, 0.25) is 0 Å². The lowest BCUT2D eigenvalue weighted by molar-refractivity contribution is -0.137. The monoisotopic (exact) mass is 360 g/mol. The standard InChI is InChI=1S/C18H24N4O2S/c1-4-14(21(2)3)16-19-20-18(25-15-10-11-24-17(15)23)22(16)12-13-8-6-5-7-9-13/h5-9,14-15H,4,10-12H2,1-3H3/t14-,15+/m1/s1. The highest BCUT2D eigenvalue weighted by Crippen LogP contribution is 2.31. The van der Waals surface area contributed by atoms with Crippen molar-refractivity contribution in [1.29, 1.82) is 0 Å². The van der Waals surface area contributed by atoms with Crippen LogP contribution in [0.15, 0.2) is 35.5 Å². The van der Waals surface area contributed by atoms with E-state index < -0.39 is 0 Å². The fourth-order valence-electron chi connectivity index (χ4n) is 3.04. The summed E-state index contributed by atoms with van der Waals surface area (Å²) in [6.45, 7) is 3.33. The number of aromatic nitrogens is 3. The second-order valence-electron chi connectivity index (χ2n) is 6.36. The highest BCUT2D eigenvalue weighted by Gasteiger charge is 2.31. The Hall–Kier alpha value is -1.86. The van der Waals surface area contributed by atoms with Crippen LogP contribution in [0, 0.1) is 0 Å². The molecule has 2 atom stereocenters. The van der Waals surface area contributed by atoms with Crippen LogP contribution in [0.25, 0.3) is 0 Å². The van der Waals surface area contributed by atoms with Gasteiger partial charge in [0.05, 0.1) is 19.2 Å². The van der Waals surface area contributed by atoms with Crippen LogP contribution in [0.5, 0.6) is 0 Å². The molecule has 1 aliphatic heterocycles. The first kappa shape index (κ1) is 17.9. The Morgan fingerprint density at radius 3 is 2.68 bits per heavy atom. The summed E-state index contributed by atoms with van der Waals surface area (Å²) in [5.41, 5.74) is 1.19. The number of hydrogen-bond acceptors (Lipinski definition) is 6. The first-order valence-corrected chi connectivity index (χ1v) is 9.44. The van der Waals surface area contributed by atoms with Crippen molar-refractivity contribution in [1.82, 2.24) is 19.7 Å². The van der Waals surface area contributed by atoms with Crippen molar-refractivity contribution >= 4 is 17.7 Å². The topological polar surface area (TPSA) is 60.3 Å². The molecular weight excluding hydrogens is 336 g/mol. The maximum Gasteiger partial charge on any atom is 0.319 e. The zero-order valence-corrected chi connectivity index (χ0v) is 15.7. The SMILES string of the molecule is CC[C@H](c1nnc(S[C@H]2CCOC2=O)n1Cc1ccccc1)N(C)C. The molecule has 1 fully saturated rings. The second kappa shape index (κ2) is 8.01. The summed E-state index contributed by atoms with van der Waals surface area (Å²) in [5.74, 6) is 0.783. The Balaban J connectivity index is 1.93. The Morgan fingerprint density at radius 2 is 2.08 bits per heavy atom. The van der Waals surface area contributed by atoms with Gasteiger partial charge in [-0.2, -0.15) is 0 Å². The fraction of sp³-hybridized carbons (Fsp3) is 0.500. The molecule has 1 aliphatic rings. The van der Waals surface area contributed by atoms with Gasteiger partial charge >= 0.3 is 5.97 Å². The highest BCUT2D eigenvalue weighted by molar-refractivity contribution is 8.00. The van der Waals surface area contributed by atoms with E-state index in [-0.39, 0.29) is 17.3 Å². The molecule has 3 rings (SSSR count). The molecule has 0 saturated carbocycles. The number of nitrogens with zero attached hydrogens (tertiary/aromatic N) is 4. The van der Waals surface area contributed by atoms with E-state index in [9.17, 15) is 4.79 Å². The number of carbonyl (C=O) groups excluding carboxylic acids is 1. The van der Waals surface area contributed by atoms with Gasteiger partial charge in [-0.05, 0) is 26.1 Å². The molecule has 0 radical (unpaired) electrons. The van der Waals surface area contributed by atoms with Crippen molar-refractivity contribution in [2.24, 2.45) is 0 Å². The first-order valence-electron chi connectivity index (χ1n) is 8.57.